The molecule has 6 heteroatoms. The Balaban J connectivity index is 1.74. The molecule has 0 unspecified atom stereocenters. The Labute approximate surface area is 181 Å². The molecular weight excluding hydrogens is 394 g/mol. The Morgan fingerprint density at radius 3 is 2.19 bits per heavy atom. The van der Waals surface area contributed by atoms with Crippen molar-refractivity contribution in [3.05, 3.63) is 95.6 Å². The van der Waals surface area contributed by atoms with Crippen LogP contribution in [0.2, 0.25) is 0 Å². The van der Waals surface area contributed by atoms with E-state index in [4.69, 9.17) is 14.2 Å². The number of carbonyl (C=O) groups excluding carboxylic acids is 2. The molecule has 1 N–H and O–H groups in total. The SMILES string of the molecule is COc1ccc(CC[C@@H](NC(=O)c2ccccc2OC)OC(=O)c2ccccc2)cc1. The minimum Gasteiger partial charge on any atom is -0.497 e. The number of benzene rings is 3. The predicted octanol–water partition coefficient (Wildman–Crippen LogP) is 4.25. The molecule has 31 heavy (non-hydrogen) atoms. The van der Waals surface area contributed by atoms with Crippen LogP contribution in [0.15, 0.2) is 78.9 Å². The monoisotopic (exact) mass is 419 g/mol. The number of amides is 1. The molecule has 0 aromatic heterocycles. The summed E-state index contributed by atoms with van der Waals surface area (Å²) in [6.07, 6.45) is 0.196. The molecule has 1 amide bonds. The van der Waals surface area contributed by atoms with E-state index in [1.165, 1.54) is 7.11 Å². The van der Waals surface area contributed by atoms with Crippen molar-refractivity contribution in [3.63, 3.8) is 0 Å². The smallest absolute Gasteiger partial charge is 0.340 e. The molecule has 3 aromatic rings. The van der Waals surface area contributed by atoms with Crippen molar-refractivity contribution in [3.8, 4) is 11.5 Å². The van der Waals surface area contributed by atoms with E-state index in [1.807, 2.05) is 30.3 Å². The van der Waals surface area contributed by atoms with Gasteiger partial charge in [0, 0.05) is 6.42 Å². The number of para-hydroxylation sites is 1. The quantitative estimate of drug-likeness (QED) is 0.415. The van der Waals surface area contributed by atoms with Gasteiger partial charge >= 0.3 is 5.97 Å². The Morgan fingerprint density at radius 2 is 1.52 bits per heavy atom. The molecule has 3 rings (SSSR count). The molecule has 160 valence electrons. The lowest BCUT2D eigenvalue weighted by atomic mass is 10.1. The highest BCUT2D eigenvalue weighted by atomic mass is 16.6. The minimum atomic E-state index is -0.813. The van der Waals surface area contributed by atoms with E-state index in [1.54, 1.807) is 55.6 Å². The molecule has 0 saturated heterocycles. The fraction of sp³-hybridized carbons (Fsp3) is 0.200. The number of hydrogen-bond donors (Lipinski definition) is 1. The zero-order chi connectivity index (χ0) is 22.1. The van der Waals surface area contributed by atoms with Gasteiger partial charge in [-0.05, 0) is 48.4 Å². The number of hydrogen-bond acceptors (Lipinski definition) is 5. The van der Waals surface area contributed by atoms with Gasteiger partial charge in [0.05, 0.1) is 25.3 Å². The molecule has 0 spiro atoms. The van der Waals surface area contributed by atoms with E-state index in [0.717, 1.165) is 11.3 Å². The van der Waals surface area contributed by atoms with Gasteiger partial charge in [0.25, 0.3) is 5.91 Å². The average Bonchev–Trinajstić information content (AvgIpc) is 2.83. The van der Waals surface area contributed by atoms with Crippen molar-refractivity contribution in [2.24, 2.45) is 0 Å². The molecule has 0 aliphatic heterocycles. The standard InChI is InChI=1S/C25H25NO5/c1-29-20-15-12-18(13-16-20)14-17-23(31-25(28)19-8-4-3-5-9-19)26-24(27)21-10-6-7-11-22(21)30-2/h3-13,15-16,23H,14,17H2,1-2H3,(H,26,27)/t23-/m0/s1. The number of nitrogens with one attached hydrogen (secondary N) is 1. The maximum atomic E-state index is 12.8. The number of ether oxygens (including phenoxy) is 3. The van der Waals surface area contributed by atoms with E-state index in [-0.39, 0.29) is 5.91 Å². The van der Waals surface area contributed by atoms with Crippen LogP contribution >= 0.6 is 0 Å². The predicted molar refractivity (Wildman–Crippen MR) is 117 cm³/mol. The lowest BCUT2D eigenvalue weighted by molar-refractivity contribution is 0.0194. The summed E-state index contributed by atoms with van der Waals surface area (Å²) in [5.74, 6) is 0.335. The fourth-order valence-electron chi connectivity index (χ4n) is 3.08. The second-order valence-corrected chi connectivity index (χ2v) is 6.82. The Bertz CT molecular complexity index is 1000. The van der Waals surface area contributed by atoms with Gasteiger partial charge in [-0.25, -0.2) is 4.79 Å². The van der Waals surface area contributed by atoms with Gasteiger partial charge < -0.3 is 19.5 Å². The first-order valence-corrected chi connectivity index (χ1v) is 9.93. The number of esters is 1. The molecule has 0 bridgehead atoms. The largest absolute Gasteiger partial charge is 0.497 e. The van der Waals surface area contributed by atoms with Gasteiger partial charge in [0.1, 0.15) is 11.5 Å². The number of carbonyl (C=O) groups is 2. The zero-order valence-electron chi connectivity index (χ0n) is 17.5. The van der Waals surface area contributed by atoms with Crippen LogP contribution in [0.5, 0.6) is 11.5 Å². The molecule has 1 atom stereocenters. The van der Waals surface area contributed by atoms with Crippen LogP contribution in [0, 0.1) is 0 Å². The second kappa shape index (κ2) is 10.8. The summed E-state index contributed by atoms with van der Waals surface area (Å²) >= 11 is 0. The lowest BCUT2D eigenvalue weighted by Gasteiger charge is -2.20. The molecule has 0 radical (unpaired) electrons. The van der Waals surface area contributed by atoms with Gasteiger partial charge in [-0.15, -0.1) is 0 Å². The lowest BCUT2D eigenvalue weighted by Crippen LogP contribution is -2.39. The van der Waals surface area contributed by atoms with Crippen LogP contribution in [-0.2, 0) is 11.2 Å². The van der Waals surface area contributed by atoms with Crippen LogP contribution < -0.4 is 14.8 Å². The summed E-state index contributed by atoms with van der Waals surface area (Å²) in [6.45, 7) is 0. The third-order valence-electron chi connectivity index (χ3n) is 4.76. The Kier molecular flexibility index (Phi) is 7.65. The van der Waals surface area contributed by atoms with Crippen molar-refractivity contribution in [1.82, 2.24) is 5.32 Å². The summed E-state index contributed by atoms with van der Waals surface area (Å²) in [5.41, 5.74) is 1.83. The van der Waals surface area contributed by atoms with Crippen LogP contribution in [-0.4, -0.2) is 32.3 Å². The van der Waals surface area contributed by atoms with Crippen molar-refractivity contribution in [2.75, 3.05) is 14.2 Å². The summed E-state index contributed by atoms with van der Waals surface area (Å²) in [4.78, 5) is 25.4. The number of methoxy groups -OCH3 is 2. The summed E-state index contributed by atoms with van der Waals surface area (Å²) < 4.78 is 16.1. The molecule has 0 heterocycles. The maximum Gasteiger partial charge on any atom is 0.340 e. The van der Waals surface area contributed by atoms with E-state index < -0.39 is 12.2 Å². The molecule has 0 aliphatic carbocycles. The van der Waals surface area contributed by atoms with Crippen LogP contribution in [0.4, 0.5) is 0 Å². The summed E-state index contributed by atoms with van der Waals surface area (Å²) in [7, 11) is 3.12. The molecule has 6 nitrogen and oxygen atoms in total. The highest BCUT2D eigenvalue weighted by Crippen LogP contribution is 2.18. The zero-order valence-corrected chi connectivity index (χ0v) is 17.5. The molecule has 3 aromatic carbocycles. The average molecular weight is 419 g/mol. The first-order chi connectivity index (χ1) is 15.1. The number of rotatable bonds is 9. The summed E-state index contributed by atoms with van der Waals surface area (Å²) in [6, 6.07) is 23.2. The van der Waals surface area contributed by atoms with Gasteiger partial charge in [-0.2, -0.15) is 0 Å². The highest BCUT2D eigenvalue weighted by molar-refractivity contribution is 5.97. The van der Waals surface area contributed by atoms with Crippen LogP contribution in [0.3, 0.4) is 0 Å². The minimum absolute atomic E-state index is 0.371. The normalized spacial score (nSPS) is 11.3. The molecular formula is C25H25NO5. The van der Waals surface area contributed by atoms with Crippen molar-refractivity contribution in [1.29, 1.82) is 0 Å². The first-order valence-electron chi connectivity index (χ1n) is 9.93. The maximum absolute atomic E-state index is 12.8. The summed E-state index contributed by atoms with van der Waals surface area (Å²) in [5, 5.41) is 2.81. The fourth-order valence-corrected chi connectivity index (χ4v) is 3.08. The molecule has 0 fully saturated rings. The third kappa shape index (κ3) is 6.09. The van der Waals surface area contributed by atoms with Gasteiger partial charge in [0.15, 0.2) is 6.23 Å². The van der Waals surface area contributed by atoms with Gasteiger partial charge in [-0.1, -0.05) is 42.5 Å². The Morgan fingerprint density at radius 1 is 0.839 bits per heavy atom. The van der Waals surface area contributed by atoms with Gasteiger partial charge in [-0.3, -0.25) is 4.79 Å². The van der Waals surface area contributed by atoms with E-state index >= 15 is 0 Å². The Hall–Kier alpha value is -3.80. The molecule has 0 aliphatic rings. The van der Waals surface area contributed by atoms with E-state index in [9.17, 15) is 9.59 Å². The van der Waals surface area contributed by atoms with Crippen LogP contribution in [0.25, 0.3) is 0 Å². The number of aryl methyl sites for hydroxylation is 1. The van der Waals surface area contributed by atoms with Gasteiger partial charge in [0.2, 0.25) is 0 Å². The van der Waals surface area contributed by atoms with Crippen molar-refractivity contribution >= 4 is 11.9 Å². The van der Waals surface area contributed by atoms with E-state index in [2.05, 4.69) is 5.32 Å². The second-order valence-electron chi connectivity index (χ2n) is 6.82. The van der Waals surface area contributed by atoms with E-state index in [0.29, 0.717) is 29.7 Å². The first kappa shape index (κ1) is 21.9. The third-order valence-corrected chi connectivity index (χ3v) is 4.76. The topological polar surface area (TPSA) is 73.9 Å². The van der Waals surface area contributed by atoms with Crippen molar-refractivity contribution in [2.45, 2.75) is 19.1 Å². The molecule has 0 saturated carbocycles. The van der Waals surface area contributed by atoms with Crippen molar-refractivity contribution < 1.29 is 23.8 Å². The highest BCUT2D eigenvalue weighted by Gasteiger charge is 2.21. The van der Waals surface area contributed by atoms with Crippen LogP contribution in [0.1, 0.15) is 32.7 Å².